The minimum atomic E-state index is -1.36. The van der Waals surface area contributed by atoms with Gasteiger partial charge >= 0.3 is 17.9 Å². The molecule has 0 spiro atoms. The Bertz CT molecular complexity index is 744. The van der Waals surface area contributed by atoms with Crippen molar-refractivity contribution in [2.24, 2.45) is 0 Å². The summed E-state index contributed by atoms with van der Waals surface area (Å²) < 4.78 is 20.1. The number of ether oxygens (including phenoxy) is 4. The van der Waals surface area contributed by atoms with Crippen molar-refractivity contribution >= 4 is 23.6 Å². The number of methoxy groups -OCH3 is 2. The Hall–Kier alpha value is -3.23. The topological polar surface area (TPSA) is 120 Å². The third-order valence-electron chi connectivity index (χ3n) is 3.24. The summed E-state index contributed by atoms with van der Waals surface area (Å²) in [4.78, 5) is 35.2. The first-order valence-corrected chi connectivity index (χ1v) is 7.11. The van der Waals surface area contributed by atoms with Crippen LogP contribution in [0.15, 0.2) is 23.9 Å². The van der Waals surface area contributed by atoms with Gasteiger partial charge < -0.3 is 29.4 Å². The normalized spacial score (nSPS) is 15.8. The van der Waals surface area contributed by atoms with E-state index >= 15 is 0 Å². The van der Waals surface area contributed by atoms with Crippen LogP contribution in [0.1, 0.15) is 24.2 Å². The summed E-state index contributed by atoms with van der Waals surface area (Å²) in [6.45, 7) is 2.84. The fourth-order valence-corrected chi connectivity index (χ4v) is 2.10. The molecule has 2 rings (SSSR count). The van der Waals surface area contributed by atoms with Gasteiger partial charge in [-0.25, -0.2) is 14.4 Å². The standard InChI is InChI=1S/C16H17NO8/c1-16(2)24-14(20)9(15(21)25-16)7-17-10-6-12(23-4)11(22-3)5-8(10)13(18)19/h5-7,17H,1-4H3,(H,18,19). The molecule has 1 aliphatic heterocycles. The molecule has 25 heavy (non-hydrogen) atoms. The first-order valence-electron chi connectivity index (χ1n) is 7.11. The van der Waals surface area contributed by atoms with E-state index in [1.807, 2.05) is 0 Å². The maximum Gasteiger partial charge on any atom is 0.350 e. The first-order chi connectivity index (χ1) is 11.7. The summed E-state index contributed by atoms with van der Waals surface area (Å²) in [6.07, 6.45) is 1.02. The van der Waals surface area contributed by atoms with Gasteiger partial charge in [0, 0.05) is 32.2 Å². The number of anilines is 1. The van der Waals surface area contributed by atoms with Crippen LogP contribution in [0, 0.1) is 0 Å². The monoisotopic (exact) mass is 351 g/mol. The second-order valence-corrected chi connectivity index (χ2v) is 5.44. The molecule has 0 saturated carbocycles. The van der Waals surface area contributed by atoms with Crippen molar-refractivity contribution in [3.05, 3.63) is 29.5 Å². The third-order valence-corrected chi connectivity index (χ3v) is 3.24. The molecule has 0 amide bonds. The van der Waals surface area contributed by atoms with Crippen molar-refractivity contribution < 1.29 is 38.4 Å². The van der Waals surface area contributed by atoms with Crippen LogP contribution in [0.4, 0.5) is 5.69 Å². The van der Waals surface area contributed by atoms with Gasteiger partial charge in [0.05, 0.1) is 25.5 Å². The van der Waals surface area contributed by atoms with Gasteiger partial charge in [0.1, 0.15) is 0 Å². The van der Waals surface area contributed by atoms with Gasteiger partial charge in [0.2, 0.25) is 0 Å². The van der Waals surface area contributed by atoms with E-state index in [1.54, 1.807) is 0 Å². The van der Waals surface area contributed by atoms with Gasteiger partial charge in [0.25, 0.3) is 5.79 Å². The second-order valence-electron chi connectivity index (χ2n) is 5.44. The van der Waals surface area contributed by atoms with Gasteiger partial charge in [-0.3, -0.25) is 0 Å². The van der Waals surface area contributed by atoms with Crippen LogP contribution in [0.5, 0.6) is 11.5 Å². The highest BCUT2D eigenvalue weighted by molar-refractivity contribution is 6.15. The molecule has 9 nitrogen and oxygen atoms in total. The molecule has 1 fully saturated rings. The van der Waals surface area contributed by atoms with E-state index in [-0.39, 0.29) is 22.7 Å². The lowest BCUT2D eigenvalue weighted by Gasteiger charge is -2.29. The van der Waals surface area contributed by atoms with E-state index in [4.69, 9.17) is 18.9 Å². The van der Waals surface area contributed by atoms with Crippen molar-refractivity contribution in [1.29, 1.82) is 0 Å². The molecule has 1 heterocycles. The number of carbonyl (C=O) groups is 3. The van der Waals surface area contributed by atoms with E-state index in [2.05, 4.69) is 5.32 Å². The summed E-state index contributed by atoms with van der Waals surface area (Å²) in [6, 6.07) is 2.62. The molecular weight excluding hydrogens is 334 g/mol. The van der Waals surface area contributed by atoms with Gasteiger partial charge in [-0.1, -0.05) is 0 Å². The molecule has 9 heteroatoms. The molecule has 1 aromatic carbocycles. The number of carboxylic acids is 1. The summed E-state index contributed by atoms with van der Waals surface area (Å²) >= 11 is 0. The zero-order chi connectivity index (χ0) is 18.8. The largest absolute Gasteiger partial charge is 0.493 e. The number of nitrogens with one attached hydrogen (secondary N) is 1. The van der Waals surface area contributed by atoms with Crippen LogP contribution in [0.2, 0.25) is 0 Å². The highest BCUT2D eigenvalue weighted by atomic mass is 16.7. The smallest absolute Gasteiger partial charge is 0.350 e. The molecule has 2 N–H and O–H groups in total. The van der Waals surface area contributed by atoms with Crippen LogP contribution in [0.25, 0.3) is 0 Å². The zero-order valence-corrected chi connectivity index (χ0v) is 14.0. The Kier molecular flexibility index (Phi) is 4.87. The average molecular weight is 351 g/mol. The van der Waals surface area contributed by atoms with Crippen LogP contribution in [-0.4, -0.2) is 43.0 Å². The van der Waals surface area contributed by atoms with Crippen molar-refractivity contribution in [2.45, 2.75) is 19.6 Å². The lowest BCUT2D eigenvalue weighted by atomic mass is 10.1. The number of benzene rings is 1. The molecule has 134 valence electrons. The lowest BCUT2D eigenvalue weighted by Crippen LogP contribution is -2.42. The van der Waals surface area contributed by atoms with Crippen molar-refractivity contribution in [2.75, 3.05) is 19.5 Å². The Labute approximate surface area is 143 Å². The van der Waals surface area contributed by atoms with Gasteiger partial charge in [-0.2, -0.15) is 0 Å². The number of carbonyl (C=O) groups excluding carboxylic acids is 2. The number of cyclic esters (lactones) is 2. The summed E-state index contributed by atoms with van der Waals surface area (Å²) in [5.74, 6) is -3.88. The van der Waals surface area contributed by atoms with Crippen LogP contribution in [-0.2, 0) is 19.1 Å². The van der Waals surface area contributed by atoms with Crippen molar-refractivity contribution in [3.63, 3.8) is 0 Å². The number of hydrogen-bond acceptors (Lipinski definition) is 8. The molecule has 1 aliphatic rings. The molecule has 0 aromatic heterocycles. The minimum Gasteiger partial charge on any atom is -0.493 e. The molecule has 0 aliphatic carbocycles. The average Bonchev–Trinajstić information content (AvgIpc) is 2.51. The van der Waals surface area contributed by atoms with Crippen molar-refractivity contribution in [3.8, 4) is 11.5 Å². The fraction of sp³-hybridized carbons (Fsp3) is 0.312. The molecule has 1 saturated heterocycles. The van der Waals surface area contributed by atoms with Gasteiger partial charge in [0.15, 0.2) is 17.1 Å². The number of hydrogen-bond donors (Lipinski definition) is 2. The Morgan fingerprint density at radius 1 is 1.12 bits per heavy atom. The third kappa shape index (κ3) is 3.82. The minimum absolute atomic E-state index is 0.0862. The zero-order valence-electron chi connectivity index (χ0n) is 14.0. The van der Waals surface area contributed by atoms with E-state index < -0.39 is 29.3 Å². The predicted octanol–water partition coefficient (Wildman–Crippen LogP) is 1.53. The highest BCUT2D eigenvalue weighted by Gasteiger charge is 2.39. The molecule has 0 atom stereocenters. The summed E-state index contributed by atoms with van der Waals surface area (Å²) in [5, 5.41) is 11.9. The van der Waals surface area contributed by atoms with Crippen LogP contribution >= 0.6 is 0 Å². The predicted molar refractivity (Wildman–Crippen MR) is 84.5 cm³/mol. The Morgan fingerprint density at radius 3 is 2.12 bits per heavy atom. The number of rotatable bonds is 5. The number of esters is 2. The lowest BCUT2D eigenvalue weighted by molar-refractivity contribution is -0.222. The molecule has 0 radical (unpaired) electrons. The number of carboxylic acid groups (broad SMARTS) is 1. The first kappa shape index (κ1) is 18.1. The maximum atomic E-state index is 11.9. The van der Waals surface area contributed by atoms with Gasteiger partial charge in [-0.15, -0.1) is 0 Å². The summed E-state index contributed by atoms with van der Waals surface area (Å²) in [5.41, 5.74) is -0.457. The van der Waals surface area contributed by atoms with Crippen LogP contribution in [0.3, 0.4) is 0 Å². The second kappa shape index (κ2) is 6.71. The molecular formula is C16H17NO8. The maximum absolute atomic E-state index is 11.9. The summed E-state index contributed by atoms with van der Waals surface area (Å²) in [7, 11) is 2.76. The van der Waals surface area contributed by atoms with Crippen LogP contribution < -0.4 is 14.8 Å². The van der Waals surface area contributed by atoms with Gasteiger partial charge in [-0.05, 0) is 0 Å². The SMILES string of the molecule is COc1cc(NC=C2C(=O)OC(C)(C)OC2=O)c(C(=O)O)cc1OC. The molecule has 1 aromatic rings. The Morgan fingerprint density at radius 2 is 1.64 bits per heavy atom. The van der Waals surface area contributed by atoms with E-state index in [0.29, 0.717) is 0 Å². The fourth-order valence-electron chi connectivity index (χ4n) is 2.10. The van der Waals surface area contributed by atoms with E-state index in [9.17, 15) is 19.5 Å². The van der Waals surface area contributed by atoms with E-state index in [1.165, 1.54) is 40.2 Å². The van der Waals surface area contributed by atoms with E-state index in [0.717, 1.165) is 6.20 Å². The Balaban J connectivity index is 2.38. The number of aromatic carboxylic acids is 1. The molecule has 0 bridgehead atoms. The van der Waals surface area contributed by atoms with Crippen molar-refractivity contribution in [1.82, 2.24) is 0 Å². The highest BCUT2D eigenvalue weighted by Crippen LogP contribution is 2.33. The molecule has 0 unspecified atom stereocenters. The quantitative estimate of drug-likeness (QED) is 0.462.